The summed E-state index contributed by atoms with van der Waals surface area (Å²) in [6, 6.07) is 5.92. The first kappa shape index (κ1) is 15.6. The minimum Gasteiger partial charge on any atom is -0.454 e. The Morgan fingerprint density at radius 1 is 1.29 bits per heavy atom. The lowest BCUT2D eigenvalue weighted by Gasteiger charge is -2.13. The molecule has 2 rings (SSSR count). The zero-order chi connectivity index (χ0) is 15.2. The van der Waals surface area contributed by atoms with Crippen LogP contribution in [0.4, 0.5) is 0 Å². The number of fused-ring (bicyclic) bond motifs is 1. The number of nitrogens with two attached hydrogens (primary N) is 1. The maximum absolute atomic E-state index is 12.0. The molecule has 1 aliphatic rings. The number of carbonyl (C=O) groups excluding carboxylic acids is 1. The molecular formula is C16H24N2O3. The van der Waals surface area contributed by atoms with Gasteiger partial charge in [0.15, 0.2) is 11.5 Å². The molecule has 116 valence electrons. The van der Waals surface area contributed by atoms with Crippen LogP contribution in [0, 0.1) is 5.92 Å². The highest BCUT2D eigenvalue weighted by atomic mass is 16.7. The Kier molecular flexibility index (Phi) is 5.44. The highest BCUT2D eigenvalue weighted by molar-refractivity contribution is 5.78. The van der Waals surface area contributed by atoms with Gasteiger partial charge in [0.25, 0.3) is 0 Å². The maximum atomic E-state index is 12.0. The van der Waals surface area contributed by atoms with Gasteiger partial charge in [-0.2, -0.15) is 0 Å². The first-order valence-electron chi connectivity index (χ1n) is 7.48. The van der Waals surface area contributed by atoms with E-state index >= 15 is 0 Å². The molecule has 1 aliphatic heterocycles. The summed E-state index contributed by atoms with van der Waals surface area (Å²) in [5.41, 5.74) is 6.72. The number of hydrogen-bond acceptors (Lipinski definition) is 4. The topological polar surface area (TPSA) is 73.6 Å². The Labute approximate surface area is 125 Å². The van der Waals surface area contributed by atoms with E-state index in [2.05, 4.69) is 5.32 Å². The van der Waals surface area contributed by atoms with Crippen molar-refractivity contribution in [3.8, 4) is 11.5 Å². The SMILES string of the molecule is CC(N)CCCC(C)C(=O)NCc1ccc2c(c1)OCO2. The molecule has 3 N–H and O–H groups in total. The standard InChI is InChI=1S/C16H24N2O3/c1-11(4-3-5-12(2)17)16(19)18-9-13-6-7-14-15(8-13)21-10-20-14/h6-8,11-12H,3-5,9-10,17H2,1-2H3,(H,18,19). The fourth-order valence-corrected chi connectivity index (χ4v) is 2.29. The summed E-state index contributed by atoms with van der Waals surface area (Å²) in [5, 5.41) is 2.96. The van der Waals surface area contributed by atoms with E-state index in [0.29, 0.717) is 6.54 Å². The highest BCUT2D eigenvalue weighted by Crippen LogP contribution is 2.32. The van der Waals surface area contributed by atoms with Gasteiger partial charge in [-0.05, 0) is 37.5 Å². The average Bonchev–Trinajstić information content (AvgIpc) is 2.91. The molecule has 5 heteroatoms. The lowest BCUT2D eigenvalue weighted by molar-refractivity contribution is -0.124. The maximum Gasteiger partial charge on any atom is 0.231 e. The lowest BCUT2D eigenvalue weighted by atomic mass is 10.0. The van der Waals surface area contributed by atoms with Gasteiger partial charge in [0.2, 0.25) is 12.7 Å². The van der Waals surface area contributed by atoms with E-state index in [4.69, 9.17) is 15.2 Å². The van der Waals surface area contributed by atoms with Crippen LogP contribution in [0.15, 0.2) is 18.2 Å². The number of hydrogen-bond donors (Lipinski definition) is 2. The van der Waals surface area contributed by atoms with Crippen LogP contribution in [0.3, 0.4) is 0 Å². The second-order valence-corrected chi connectivity index (χ2v) is 5.71. The van der Waals surface area contributed by atoms with Crippen molar-refractivity contribution in [1.82, 2.24) is 5.32 Å². The number of ether oxygens (including phenoxy) is 2. The van der Waals surface area contributed by atoms with Gasteiger partial charge in [-0.25, -0.2) is 0 Å². The van der Waals surface area contributed by atoms with Crippen molar-refractivity contribution in [3.05, 3.63) is 23.8 Å². The molecule has 21 heavy (non-hydrogen) atoms. The molecule has 1 aromatic rings. The Morgan fingerprint density at radius 2 is 2.05 bits per heavy atom. The zero-order valence-corrected chi connectivity index (χ0v) is 12.7. The molecule has 0 aliphatic carbocycles. The quantitative estimate of drug-likeness (QED) is 0.808. The molecule has 0 fully saturated rings. The van der Waals surface area contributed by atoms with Crippen molar-refractivity contribution in [2.75, 3.05) is 6.79 Å². The smallest absolute Gasteiger partial charge is 0.231 e. The summed E-state index contributed by atoms with van der Waals surface area (Å²) in [4.78, 5) is 12.0. The lowest BCUT2D eigenvalue weighted by Crippen LogP contribution is -2.29. The summed E-state index contributed by atoms with van der Waals surface area (Å²) in [7, 11) is 0. The summed E-state index contributed by atoms with van der Waals surface area (Å²) < 4.78 is 10.6. The normalized spacial score (nSPS) is 15.6. The van der Waals surface area contributed by atoms with Crippen molar-refractivity contribution in [3.63, 3.8) is 0 Å². The van der Waals surface area contributed by atoms with E-state index in [1.807, 2.05) is 32.0 Å². The summed E-state index contributed by atoms with van der Waals surface area (Å²) in [6.07, 6.45) is 2.81. The van der Waals surface area contributed by atoms with Crippen molar-refractivity contribution < 1.29 is 14.3 Å². The van der Waals surface area contributed by atoms with Gasteiger partial charge in [0, 0.05) is 18.5 Å². The molecule has 5 nitrogen and oxygen atoms in total. The van der Waals surface area contributed by atoms with Crippen molar-refractivity contribution >= 4 is 5.91 Å². The zero-order valence-electron chi connectivity index (χ0n) is 12.7. The molecular weight excluding hydrogens is 268 g/mol. The van der Waals surface area contributed by atoms with Gasteiger partial charge in [-0.3, -0.25) is 4.79 Å². The highest BCUT2D eigenvalue weighted by Gasteiger charge is 2.15. The van der Waals surface area contributed by atoms with E-state index in [9.17, 15) is 4.79 Å². The van der Waals surface area contributed by atoms with E-state index in [0.717, 1.165) is 36.3 Å². The summed E-state index contributed by atoms with van der Waals surface area (Å²) >= 11 is 0. The van der Waals surface area contributed by atoms with Crippen LogP contribution in [-0.4, -0.2) is 18.7 Å². The van der Waals surface area contributed by atoms with Gasteiger partial charge in [0.1, 0.15) is 0 Å². The fourth-order valence-electron chi connectivity index (χ4n) is 2.29. The van der Waals surface area contributed by atoms with E-state index in [1.54, 1.807) is 0 Å². The molecule has 0 bridgehead atoms. The third kappa shape index (κ3) is 4.63. The van der Waals surface area contributed by atoms with E-state index < -0.39 is 0 Å². The van der Waals surface area contributed by atoms with Crippen LogP contribution >= 0.6 is 0 Å². The molecule has 0 saturated carbocycles. The molecule has 2 unspecified atom stereocenters. The Bertz CT molecular complexity index is 488. The minimum absolute atomic E-state index is 0.0118. The number of rotatable bonds is 7. The van der Waals surface area contributed by atoms with Gasteiger partial charge in [-0.15, -0.1) is 0 Å². The van der Waals surface area contributed by atoms with Crippen LogP contribution in [0.2, 0.25) is 0 Å². The molecule has 0 radical (unpaired) electrons. The predicted octanol–water partition coefficient (Wildman–Crippen LogP) is 2.19. The Balaban J connectivity index is 1.75. The fraction of sp³-hybridized carbons (Fsp3) is 0.562. The van der Waals surface area contributed by atoms with Crippen LogP contribution in [-0.2, 0) is 11.3 Å². The van der Waals surface area contributed by atoms with Crippen molar-refractivity contribution in [1.29, 1.82) is 0 Å². The molecule has 0 aromatic heterocycles. The van der Waals surface area contributed by atoms with Gasteiger partial charge < -0.3 is 20.5 Å². The number of carbonyl (C=O) groups is 1. The van der Waals surface area contributed by atoms with Crippen LogP contribution in [0.5, 0.6) is 11.5 Å². The van der Waals surface area contributed by atoms with Crippen molar-refractivity contribution in [2.45, 2.75) is 45.7 Å². The molecule has 1 aromatic carbocycles. The Hall–Kier alpha value is -1.75. The summed E-state index contributed by atoms with van der Waals surface area (Å²) in [5.74, 6) is 1.59. The minimum atomic E-state index is 0.0118. The second-order valence-electron chi connectivity index (χ2n) is 5.71. The predicted molar refractivity (Wildman–Crippen MR) is 81.1 cm³/mol. The van der Waals surface area contributed by atoms with Crippen LogP contribution in [0.25, 0.3) is 0 Å². The number of amides is 1. The first-order valence-corrected chi connectivity index (χ1v) is 7.48. The van der Waals surface area contributed by atoms with Gasteiger partial charge in [-0.1, -0.05) is 19.4 Å². The molecule has 0 spiro atoms. The molecule has 0 saturated heterocycles. The first-order chi connectivity index (χ1) is 10.1. The van der Waals surface area contributed by atoms with E-state index in [1.165, 1.54) is 0 Å². The monoisotopic (exact) mass is 292 g/mol. The largest absolute Gasteiger partial charge is 0.454 e. The number of nitrogens with one attached hydrogen (secondary N) is 1. The number of benzene rings is 1. The Morgan fingerprint density at radius 3 is 2.81 bits per heavy atom. The van der Waals surface area contributed by atoms with Gasteiger partial charge >= 0.3 is 0 Å². The van der Waals surface area contributed by atoms with Crippen molar-refractivity contribution in [2.24, 2.45) is 11.7 Å². The van der Waals surface area contributed by atoms with Gasteiger partial charge in [0.05, 0.1) is 0 Å². The van der Waals surface area contributed by atoms with Crippen LogP contribution in [0.1, 0.15) is 38.7 Å². The summed E-state index contributed by atoms with van der Waals surface area (Å²) in [6.45, 7) is 4.72. The second kappa shape index (κ2) is 7.31. The molecule has 2 atom stereocenters. The third-order valence-electron chi connectivity index (χ3n) is 3.65. The molecule has 1 heterocycles. The van der Waals surface area contributed by atoms with E-state index in [-0.39, 0.29) is 24.7 Å². The molecule has 1 amide bonds. The van der Waals surface area contributed by atoms with Crippen LogP contribution < -0.4 is 20.5 Å². The average molecular weight is 292 g/mol. The third-order valence-corrected chi connectivity index (χ3v) is 3.65.